The Labute approximate surface area is 85.3 Å². The summed E-state index contributed by atoms with van der Waals surface area (Å²) in [6.07, 6.45) is 0. The van der Waals surface area contributed by atoms with Crippen molar-refractivity contribution in [2.24, 2.45) is 0 Å². The number of hydrogen-bond donors (Lipinski definition) is 1. The summed E-state index contributed by atoms with van der Waals surface area (Å²) in [6.45, 7) is 0.136. The van der Waals surface area contributed by atoms with Crippen LogP contribution in [0.3, 0.4) is 0 Å². The first kappa shape index (κ1) is 11.8. The van der Waals surface area contributed by atoms with Gasteiger partial charge in [0.1, 0.15) is 11.6 Å². The maximum atomic E-state index is 12.8. The van der Waals surface area contributed by atoms with Crippen LogP contribution in [-0.2, 0) is 0 Å². The van der Waals surface area contributed by atoms with Crippen molar-refractivity contribution in [2.45, 2.75) is 12.5 Å². The average Bonchev–Trinajstić information content (AvgIpc) is 2.19. The molecule has 1 unspecified atom stereocenters. The highest BCUT2D eigenvalue weighted by Crippen LogP contribution is 2.28. The lowest BCUT2D eigenvalue weighted by atomic mass is 10.0. The molecule has 1 atom stereocenters. The molecule has 0 saturated carbocycles. The lowest BCUT2D eigenvalue weighted by molar-refractivity contribution is -0.0507. The molecule has 1 aromatic rings. The van der Waals surface area contributed by atoms with Gasteiger partial charge in [-0.05, 0) is 25.1 Å². The van der Waals surface area contributed by atoms with Gasteiger partial charge in [0.25, 0.3) is 0 Å². The zero-order valence-corrected chi connectivity index (χ0v) is 7.79. The van der Waals surface area contributed by atoms with E-state index in [1.807, 2.05) is 0 Å². The van der Waals surface area contributed by atoms with E-state index in [0.29, 0.717) is 0 Å². The molecule has 83 valence electrons. The predicted octanol–water partition coefficient (Wildman–Crippen LogP) is 2.34. The summed E-state index contributed by atoms with van der Waals surface area (Å²) < 4.78 is 40.9. The Morgan fingerprint density at radius 3 is 2.60 bits per heavy atom. The first-order chi connectivity index (χ1) is 7.04. The lowest BCUT2D eigenvalue weighted by Crippen LogP contribution is -2.08. The highest BCUT2D eigenvalue weighted by molar-refractivity contribution is 5.37. The van der Waals surface area contributed by atoms with Crippen molar-refractivity contribution in [3.05, 3.63) is 36.5 Å². The molecule has 1 rings (SSSR count). The van der Waals surface area contributed by atoms with Crippen LogP contribution in [0.4, 0.5) is 13.2 Å². The van der Waals surface area contributed by atoms with Gasteiger partial charge in [0.2, 0.25) is 0 Å². The fourth-order valence-corrected chi connectivity index (χ4v) is 1.14. The summed E-state index contributed by atoms with van der Waals surface area (Å²) in [5.74, 6) is -1.45. The Morgan fingerprint density at radius 2 is 2.07 bits per heavy atom. The molecule has 0 spiro atoms. The summed E-state index contributed by atoms with van der Waals surface area (Å²) >= 11 is 0. The Bertz CT molecular complexity index is 328. The number of aliphatic hydroxyl groups is 1. The third kappa shape index (κ3) is 3.13. The molecule has 1 aromatic carbocycles. The van der Waals surface area contributed by atoms with Gasteiger partial charge in [-0.25, -0.2) is 4.39 Å². The van der Waals surface area contributed by atoms with Crippen molar-refractivity contribution in [1.29, 1.82) is 0 Å². The van der Waals surface area contributed by atoms with E-state index in [2.05, 4.69) is 11.7 Å². The molecule has 0 amide bonds. The van der Waals surface area contributed by atoms with Crippen LogP contribution in [0.25, 0.3) is 0 Å². The van der Waals surface area contributed by atoms with Gasteiger partial charge in [-0.1, -0.05) is 0 Å². The van der Waals surface area contributed by atoms with Crippen molar-refractivity contribution in [1.82, 2.24) is 0 Å². The van der Waals surface area contributed by atoms with E-state index in [1.165, 1.54) is 0 Å². The van der Waals surface area contributed by atoms with Gasteiger partial charge in [-0.3, -0.25) is 0 Å². The summed E-state index contributed by atoms with van der Waals surface area (Å²) in [5, 5.41) is 8.81. The summed E-state index contributed by atoms with van der Waals surface area (Å²) in [7, 11) is 0. The highest BCUT2D eigenvalue weighted by atomic mass is 19.3. The molecule has 0 aromatic heterocycles. The first-order valence-electron chi connectivity index (χ1n) is 4.22. The minimum Gasteiger partial charge on any atom is -0.435 e. The number of ether oxygens (including phenoxy) is 1. The zero-order chi connectivity index (χ0) is 11.4. The molecule has 0 aliphatic carbocycles. The highest BCUT2D eigenvalue weighted by Gasteiger charge is 2.15. The van der Waals surface area contributed by atoms with Crippen molar-refractivity contribution in [3.8, 4) is 5.75 Å². The van der Waals surface area contributed by atoms with Gasteiger partial charge in [0.05, 0.1) is 6.61 Å². The largest absolute Gasteiger partial charge is 0.435 e. The monoisotopic (exact) mass is 219 g/mol. The average molecular weight is 219 g/mol. The van der Waals surface area contributed by atoms with Crippen LogP contribution < -0.4 is 4.74 Å². The zero-order valence-electron chi connectivity index (χ0n) is 7.79. The van der Waals surface area contributed by atoms with Crippen LogP contribution in [0.2, 0.25) is 0 Å². The second kappa shape index (κ2) is 5.02. The van der Waals surface area contributed by atoms with E-state index in [9.17, 15) is 13.2 Å². The maximum Gasteiger partial charge on any atom is 0.387 e. The van der Waals surface area contributed by atoms with E-state index in [4.69, 9.17) is 5.11 Å². The first-order valence-corrected chi connectivity index (χ1v) is 4.22. The van der Waals surface area contributed by atoms with Crippen LogP contribution in [0, 0.1) is 12.7 Å². The molecule has 1 radical (unpaired) electrons. The Morgan fingerprint density at radius 1 is 1.40 bits per heavy atom. The summed E-state index contributed by atoms with van der Waals surface area (Å²) in [5.41, 5.74) is 0.123. The van der Waals surface area contributed by atoms with Gasteiger partial charge in [-0.15, -0.1) is 0 Å². The number of rotatable bonds is 4. The standard InChI is InChI=1S/C10H10F3O2/c1-6(5-14)8-4-7(11)2-3-9(8)15-10(12)13/h2-4,6,10,14H,1,5H2. The number of aliphatic hydroxyl groups excluding tert-OH is 1. The van der Waals surface area contributed by atoms with Gasteiger partial charge in [0, 0.05) is 11.5 Å². The molecule has 0 bridgehead atoms. The van der Waals surface area contributed by atoms with Crippen LogP contribution >= 0.6 is 0 Å². The van der Waals surface area contributed by atoms with E-state index >= 15 is 0 Å². The Hall–Kier alpha value is -1.23. The molecule has 15 heavy (non-hydrogen) atoms. The summed E-state index contributed by atoms with van der Waals surface area (Å²) in [6, 6.07) is 3.11. The van der Waals surface area contributed by atoms with Crippen molar-refractivity contribution in [3.63, 3.8) is 0 Å². The van der Waals surface area contributed by atoms with E-state index in [0.717, 1.165) is 18.2 Å². The van der Waals surface area contributed by atoms with Gasteiger partial charge in [0.15, 0.2) is 0 Å². The van der Waals surface area contributed by atoms with Crippen LogP contribution in [0.15, 0.2) is 18.2 Å². The lowest BCUT2D eigenvalue weighted by Gasteiger charge is -2.14. The third-order valence-electron chi connectivity index (χ3n) is 1.85. The van der Waals surface area contributed by atoms with E-state index in [1.54, 1.807) is 0 Å². The number of hydrogen-bond acceptors (Lipinski definition) is 2. The molecule has 2 nitrogen and oxygen atoms in total. The van der Waals surface area contributed by atoms with E-state index in [-0.39, 0.29) is 17.9 Å². The van der Waals surface area contributed by atoms with Crippen molar-refractivity contribution in [2.75, 3.05) is 6.61 Å². The molecule has 0 fully saturated rings. The maximum absolute atomic E-state index is 12.8. The van der Waals surface area contributed by atoms with Crippen LogP contribution in [-0.4, -0.2) is 18.3 Å². The molecule has 0 aliphatic heterocycles. The SMILES string of the molecule is [CH2]C(CO)c1cc(F)ccc1OC(F)F. The van der Waals surface area contributed by atoms with Gasteiger partial charge < -0.3 is 9.84 Å². The minimum atomic E-state index is -2.99. The number of alkyl halides is 2. The quantitative estimate of drug-likeness (QED) is 0.842. The third-order valence-corrected chi connectivity index (χ3v) is 1.85. The van der Waals surface area contributed by atoms with Crippen LogP contribution in [0.1, 0.15) is 11.5 Å². The minimum absolute atomic E-state index is 0.123. The van der Waals surface area contributed by atoms with Gasteiger partial charge in [-0.2, -0.15) is 8.78 Å². The van der Waals surface area contributed by atoms with Gasteiger partial charge >= 0.3 is 6.61 Å². The Balaban J connectivity index is 3.02. The summed E-state index contributed by atoms with van der Waals surface area (Å²) in [4.78, 5) is 0. The second-order valence-electron chi connectivity index (χ2n) is 2.94. The molecular formula is C10H10F3O2. The molecular weight excluding hydrogens is 209 g/mol. The normalized spacial score (nSPS) is 12.9. The van der Waals surface area contributed by atoms with Crippen molar-refractivity contribution >= 4 is 0 Å². The molecule has 1 N–H and O–H groups in total. The molecule has 5 heteroatoms. The van der Waals surface area contributed by atoms with Crippen molar-refractivity contribution < 1.29 is 23.0 Å². The predicted molar refractivity (Wildman–Crippen MR) is 48.2 cm³/mol. The Kier molecular flexibility index (Phi) is 3.96. The molecule has 0 saturated heterocycles. The van der Waals surface area contributed by atoms with E-state index < -0.39 is 18.3 Å². The fraction of sp³-hybridized carbons (Fsp3) is 0.300. The molecule has 0 aliphatic rings. The molecule has 0 heterocycles. The smallest absolute Gasteiger partial charge is 0.387 e. The number of benzene rings is 1. The second-order valence-corrected chi connectivity index (χ2v) is 2.94. The van der Waals surface area contributed by atoms with Crippen LogP contribution in [0.5, 0.6) is 5.75 Å². The fourth-order valence-electron chi connectivity index (χ4n) is 1.14. The topological polar surface area (TPSA) is 29.5 Å². The number of halogens is 3.